The van der Waals surface area contributed by atoms with E-state index in [1.165, 1.54) is 0 Å². The second kappa shape index (κ2) is 6.36. The lowest BCUT2D eigenvalue weighted by Crippen LogP contribution is -2.30. The van der Waals surface area contributed by atoms with Gasteiger partial charge in [0.15, 0.2) is 0 Å². The molecule has 0 fully saturated rings. The minimum atomic E-state index is -2.09. The summed E-state index contributed by atoms with van der Waals surface area (Å²) in [4.78, 5) is 1.59. The van der Waals surface area contributed by atoms with Crippen molar-refractivity contribution in [3.8, 4) is 0 Å². The largest absolute Gasteiger partial charge is 0.299 e. The Morgan fingerprint density at radius 3 is 2.06 bits per heavy atom. The first-order chi connectivity index (χ1) is 9.97. The zero-order valence-electron chi connectivity index (χ0n) is 13.7. The normalized spacial score (nSPS) is 15.8. The molecule has 0 aliphatic heterocycles. The molecule has 2 aromatic carbocycles. The van der Waals surface area contributed by atoms with Crippen molar-refractivity contribution in [2.24, 2.45) is 0 Å². The van der Waals surface area contributed by atoms with Crippen LogP contribution < -0.4 is 0 Å². The summed E-state index contributed by atoms with van der Waals surface area (Å²) in [6.45, 7) is 0.317. The molecule has 1 unspecified atom stereocenters. The van der Waals surface area contributed by atoms with Crippen molar-refractivity contribution in [2.45, 2.75) is 25.9 Å². The van der Waals surface area contributed by atoms with Crippen LogP contribution in [0.5, 0.6) is 0 Å². The van der Waals surface area contributed by atoms with Gasteiger partial charge in [-0.05, 0) is 31.4 Å². The lowest BCUT2D eigenvalue weighted by Gasteiger charge is -2.24. The maximum absolute atomic E-state index is 7.79. The van der Waals surface area contributed by atoms with Crippen LogP contribution in [0.25, 0.3) is 0 Å². The zero-order valence-corrected chi connectivity index (χ0v) is 10.7. The Hall–Kier alpha value is -1.60. The lowest BCUT2D eigenvalue weighted by molar-refractivity contribution is 0.248. The highest BCUT2D eigenvalue weighted by molar-refractivity contribution is 5.17. The summed E-state index contributed by atoms with van der Waals surface area (Å²) in [6, 6.07) is 19.7. The summed E-state index contributed by atoms with van der Waals surface area (Å²) in [5.41, 5.74) is 2.18. The van der Waals surface area contributed by atoms with Crippen LogP contribution in [0.3, 0.4) is 0 Å². The molecule has 1 atom stereocenters. The fourth-order valence-electron chi connectivity index (χ4n) is 2.00. The zero-order chi connectivity index (χ0) is 15.3. The fourth-order valence-corrected chi connectivity index (χ4v) is 2.00. The molecule has 0 radical (unpaired) electrons. The van der Waals surface area contributed by atoms with E-state index in [-0.39, 0.29) is 6.04 Å². The van der Waals surface area contributed by atoms with Crippen LogP contribution in [0.15, 0.2) is 60.7 Å². The maximum Gasteiger partial charge on any atom is 0.0394 e. The molecule has 0 saturated carbocycles. The smallest absolute Gasteiger partial charge is 0.0394 e. The van der Waals surface area contributed by atoms with Crippen molar-refractivity contribution in [3.63, 3.8) is 0 Å². The van der Waals surface area contributed by atoms with Crippen molar-refractivity contribution in [3.05, 3.63) is 71.8 Å². The Morgan fingerprint density at radius 1 is 0.944 bits per heavy atom. The maximum atomic E-state index is 7.79. The molecule has 1 heteroatoms. The van der Waals surface area contributed by atoms with Crippen LogP contribution in [-0.4, -0.2) is 17.9 Å². The molecule has 0 aliphatic rings. The van der Waals surface area contributed by atoms with Crippen molar-refractivity contribution in [1.29, 1.82) is 0 Å². The van der Waals surface area contributed by atoms with E-state index >= 15 is 0 Å². The van der Waals surface area contributed by atoms with Gasteiger partial charge in [-0.2, -0.15) is 0 Å². The first kappa shape index (κ1) is 9.35. The van der Waals surface area contributed by atoms with Crippen molar-refractivity contribution in [1.82, 2.24) is 4.90 Å². The monoisotopic (exact) mass is 242 g/mol. The molecule has 0 aromatic heterocycles. The Balaban J connectivity index is 2.12. The van der Waals surface area contributed by atoms with E-state index in [0.29, 0.717) is 6.54 Å². The molecule has 0 heterocycles. The van der Waals surface area contributed by atoms with Gasteiger partial charge in [0.1, 0.15) is 0 Å². The molecular weight excluding hydrogens is 218 g/mol. The number of hydrogen-bond donors (Lipinski definition) is 0. The quantitative estimate of drug-likeness (QED) is 0.772. The molecule has 0 amide bonds. The van der Waals surface area contributed by atoms with E-state index < -0.39 is 6.98 Å². The van der Waals surface area contributed by atoms with Crippen LogP contribution in [-0.2, 0) is 13.0 Å². The highest BCUT2D eigenvalue weighted by Crippen LogP contribution is 2.10. The molecule has 2 aromatic rings. The second-order valence-electron chi connectivity index (χ2n) is 4.65. The molecule has 94 valence electrons. The van der Waals surface area contributed by atoms with Gasteiger partial charge in [0.2, 0.25) is 0 Å². The standard InChI is InChI=1S/C17H21N/c1-15(13-16-9-5-3-6-10-16)18(2)14-17-11-7-4-8-12-17/h3-12,15H,13-14H2,1-2H3/i2D3. The van der Waals surface area contributed by atoms with E-state index in [1.54, 1.807) is 4.90 Å². The van der Waals surface area contributed by atoms with Crippen molar-refractivity contribution < 1.29 is 4.11 Å². The van der Waals surface area contributed by atoms with Gasteiger partial charge in [0.05, 0.1) is 0 Å². The molecule has 0 N–H and O–H groups in total. The minimum absolute atomic E-state index is 0.0555. The van der Waals surface area contributed by atoms with E-state index in [2.05, 4.69) is 0 Å². The summed E-state index contributed by atoms with van der Waals surface area (Å²) in [6.07, 6.45) is 0.728. The first-order valence-electron chi connectivity index (χ1n) is 7.81. The van der Waals surface area contributed by atoms with Crippen molar-refractivity contribution >= 4 is 0 Å². The topological polar surface area (TPSA) is 3.24 Å². The summed E-state index contributed by atoms with van der Waals surface area (Å²) in [7, 11) is 0. The molecule has 0 bridgehead atoms. The van der Waals surface area contributed by atoms with Gasteiger partial charge in [-0.1, -0.05) is 60.7 Å². The molecule has 0 aliphatic carbocycles. The number of nitrogens with zero attached hydrogens (tertiary/aromatic N) is 1. The third-order valence-electron chi connectivity index (χ3n) is 3.10. The number of rotatable bonds is 5. The molecule has 0 saturated heterocycles. The van der Waals surface area contributed by atoms with Crippen LogP contribution in [0.4, 0.5) is 0 Å². The first-order valence-corrected chi connectivity index (χ1v) is 6.31. The van der Waals surface area contributed by atoms with Crippen LogP contribution in [0.1, 0.15) is 22.2 Å². The average Bonchev–Trinajstić information content (AvgIpc) is 2.45. The lowest BCUT2D eigenvalue weighted by atomic mass is 10.1. The summed E-state index contributed by atoms with van der Waals surface area (Å²) in [5.74, 6) is 0. The van der Waals surface area contributed by atoms with Crippen LogP contribution in [0.2, 0.25) is 0 Å². The molecule has 2 rings (SSSR count). The Labute approximate surface area is 114 Å². The Kier molecular flexibility index (Phi) is 3.30. The van der Waals surface area contributed by atoms with Crippen molar-refractivity contribution in [2.75, 3.05) is 6.98 Å². The molecule has 0 spiro atoms. The SMILES string of the molecule is [2H]C([2H])([2H])N(Cc1ccccc1)C(C)Cc1ccccc1. The van der Waals surface area contributed by atoms with E-state index in [0.717, 1.165) is 17.5 Å². The summed E-state index contributed by atoms with van der Waals surface area (Å²) < 4.78 is 23.4. The fraction of sp³-hybridized carbons (Fsp3) is 0.294. The van der Waals surface area contributed by atoms with Crippen LogP contribution >= 0.6 is 0 Å². The van der Waals surface area contributed by atoms with Crippen LogP contribution in [0, 0.1) is 0 Å². The number of likely N-dealkylation sites (N-methyl/N-ethyl adjacent to an activating group) is 1. The highest BCUT2D eigenvalue weighted by atomic mass is 15.1. The third-order valence-corrected chi connectivity index (χ3v) is 3.10. The summed E-state index contributed by atoms with van der Waals surface area (Å²) >= 11 is 0. The van der Waals surface area contributed by atoms with Gasteiger partial charge in [0, 0.05) is 16.7 Å². The predicted octanol–water partition coefficient (Wildman–Crippen LogP) is 3.75. The highest BCUT2D eigenvalue weighted by Gasteiger charge is 2.09. The van der Waals surface area contributed by atoms with E-state index in [1.807, 2.05) is 67.6 Å². The predicted molar refractivity (Wildman–Crippen MR) is 77.5 cm³/mol. The molecular formula is C17H21N. The average molecular weight is 242 g/mol. The van der Waals surface area contributed by atoms with E-state index in [4.69, 9.17) is 4.11 Å². The number of hydrogen-bond acceptors (Lipinski definition) is 1. The third kappa shape index (κ3) is 3.71. The van der Waals surface area contributed by atoms with Gasteiger partial charge in [-0.3, -0.25) is 4.90 Å². The molecule has 18 heavy (non-hydrogen) atoms. The summed E-state index contributed by atoms with van der Waals surface area (Å²) in [5, 5.41) is 0. The second-order valence-corrected chi connectivity index (χ2v) is 4.65. The Bertz CT molecular complexity index is 537. The van der Waals surface area contributed by atoms with Gasteiger partial charge in [0.25, 0.3) is 0 Å². The van der Waals surface area contributed by atoms with Gasteiger partial charge in [-0.15, -0.1) is 0 Å². The minimum Gasteiger partial charge on any atom is -0.299 e. The van der Waals surface area contributed by atoms with Gasteiger partial charge >= 0.3 is 0 Å². The van der Waals surface area contributed by atoms with Gasteiger partial charge in [-0.25, -0.2) is 0 Å². The molecule has 1 nitrogen and oxygen atoms in total. The Morgan fingerprint density at radius 2 is 1.50 bits per heavy atom. The number of benzene rings is 2. The van der Waals surface area contributed by atoms with E-state index in [9.17, 15) is 0 Å². The van der Waals surface area contributed by atoms with Gasteiger partial charge < -0.3 is 0 Å².